The number of hydrogen-bond donors (Lipinski definition) is 0. The standard InChI is InChI=1S/C35H43N3O7S/c1-5-43-33(39)32-24-28-23-29(15-16-31(28)44-32)46(41,42)38(18-17-26-11-7-6-8-12-26)25-27-13-9-10-14-30(27)36-19-21-37(22-20-36)34(40)45-35(2,3)4/h6-16,23,32H,5,17-22,24-25H2,1-4H3. The molecular weight excluding hydrogens is 606 g/mol. The Morgan fingerprint density at radius 1 is 0.957 bits per heavy atom. The zero-order valence-electron chi connectivity index (χ0n) is 27.0. The van der Waals surface area contributed by atoms with Crippen LogP contribution in [0.25, 0.3) is 0 Å². The molecular formula is C35H43N3O7S. The Hall–Kier alpha value is -4.09. The predicted molar refractivity (Wildman–Crippen MR) is 175 cm³/mol. The number of amides is 1. The summed E-state index contributed by atoms with van der Waals surface area (Å²) in [7, 11) is -3.95. The van der Waals surface area contributed by atoms with E-state index in [-0.39, 0.29) is 37.1 Å². The van der Waals surface area contributed by atoms with Gasteiger partial charge in [-0.1, -0.05) is 48.5 Å². The van der Waals surface area contributed by atoms with E-state index < -0.39 is 27.7 Å². The van der Waals surface area contributed by atoms with Gasteiger partial charge in [-0.3, -0.25) is 0 Å². The first-order valence-corrected chi connectivity index (χ1v) is 17.2. The van der Waals surface area contributed by atoms with Crippen molar-refractivity contribution in [1.29, 1.82) is 0 Å². The van der Waals surface area contributed by atoms with E-state index in [2.05, 4.69) is 4.90 Å². The van der Waals surface area contributed by atoms with Crippen molar-refractivity contribution in [3.63, 3.8) is 0 Å². The van der Waals surface area contributed by atoms with E-state index in [9.17, 15) is 18.0 Å². The van der Waals surface area contributed by atoms with Crippen molar-refractivity contribution in [2.75, 3.05) is 44.2 Å². The second-order valence-corrected chi connectivity index (χ2v) is 14.4. The second kappa shape index (κ2) is 14.1. The summed E-state index contributed by atoms with van der Waals surface area (Å²) in [5.74, 6) is 0.0276. The highest BCUT2D eigenvalue weighted by atomic mass is 32.2. The number of hydrogen-bond acceptors (Lipinski definition) is 8. The molecule has 2 heterocycles. The van der Waals surface area contributed by atoms with Gasteiger partial charge in [-0.15, -0.1) is 0 Å². The number of ether oxygens (including phenoxy) is 3. The van der Waals surface area contributed by atoms with Crippen LogP contribution in [-0.4, -0.2) is 80.7 Å². The van der Waals surface area contributed by atoms with Gasteiger partial charge in [0.15, 0.2) is 6.10 Å². The monoisotopic (exact) mass is 649 g/mol. The molecule has 1 unspecified atom stereocenters. The van der Waals surface area contributed by atoms with E-state index in [1.165, 1.54) is 4.31 Å². The van der Waals surface area contributed by atoms with Crippen molar-refractivity contribution in [2.45, 2.75) is 63.7 Å². The topological polar surface area (TPSA) is 106 Å². The third kappa shape index (κ3) is 8.00. The van der Waals surface area contributed by atoms with E-state index in [1.807, 2.05) is 75.4 Å². The number of anilines is 1. The number of carbonyl (C=O) groups is 2. The van der Waals surface area contributed by atoms with Gasteiger partial charge in [-0.25, -0.2) is 18.0 Å². The largest absolute Gasteiger partial charge is 0.478 e. The maximum Gasteiger partial charge on any atom is 0.410 e. The molecule has 0 bridgehead atoms. The number of fused-ring (bicyclic) bond motifs is 1. The molecule has 0 radical (unpaired) electrons. The Morgan fingerprint density at radius 3 is 2.35 bits per heavy atom. The molecule has 0 saturated carbocycles. The molecule has 2 aliphatic rings. The zero-order valence-corrected chi connectivity index (χ0v) is 27.8. The van der Waals surface area contributed by atoms with Crippen LogP contribution in [0.2, 0.25) is 0 Å². The molecule has 0 aromatic heterocycles. The molecule has 246 valence electrons. The number of benzene rings is 3. The highest BCUT2D eigenvalue weighted by Crippen LogP contribution is 2.33. The minimum Gasteiger partial charge on any atom is -0.478 e. The molecule has 3 aromatic carbocycles. The van der Waals surface area contributed by atoms with Gasteiger partial charge in [-0.05, 0) is 75.1 Å². The molecule has 2 aliphatic heterocycles. The van der Waals surface area contributed by atoms with Crippen LogP contribution in [0.4, 0.5) is 10.5 Å². The fraction of sp³-hybridized carbons (Fsp3) is 0.429. The van der Waals surface area contributed by atoms with Gasteiger partial charge < -0.3 is 24.0 Å². The minimum atomic E-state index is -3.95. The fourth-order valence-corrected chi connectivity index (χ4v) is 7.15. The van der Waals surface area contributed by atoms with Gasteiger partial charge in [0.1, 0.15) is 11.4 Å². The van der Waals surface area contributed by atoms with Crippen LogP contribution in [0.1, 0.15) is 44.4 Å². The van der Waals surface area contributed by atoms with Crippen LogP contribution in [-0.2, 0) is 43.7 Å². The maximum atomic E-state index is 14.3. The first-order chi connectivity index (χ1) is 21.9. The van der Waals surface area contributed by atoms with Crippen molar-refractivity contribution >= 4 is 27.8 Å². The van der Waals surface area contributed by atoms with Crippen LogP contribution in [0.3, 0.4) is 0 Å². The second-order valence-electron chi connectivity index (χ2n) is 12.5. The molecule has 11 heteroatoms. The van der Waals surface area contributed by atoms with Crippen LogP contribution in [0, 0.1) is 0 Å². The zero-order chi connectivity index (χ0) is 32.9. The Balaban J connectivity index is 1.37. The van der Waals surface area contributed by atoms with Crippen LogP contribution >= 0.6 is 0 Å². The van der Waals surface area contributed by atoms with Crippen molar-refractivity contribution < 1.29 is 32.2 Å². The van der Waals surface area contributed by atoms with Crippen LogP contribution in [0.15, 0.2) is 77.7 Å². The van der Waals surface area contributed by atoms with Crippen molar-refractivity contribution in [3.8, 4) is 5.75 Å². The van der Waals surface area contributed by atoms with Gasteiger partial charge in [0.25, 0.3) is 0 Å². The number of sulfonamides is 1. The molecule has 46 heavy (non-hydrogen) atoms. The van der Waals surface area contributed by atoms with Crippen LogP contribution < -0.4 is 9.64 Å². The van der Waals surface area contributed by atoms with Gasteiger partial charge in [0, 0.05) is 51.4 Å². The first-order valence-electron chi connectivity index (χ1n) is 15.8. The van der Waals surface area contributed by atoms with E-state index in [0.29, 0.717) is 43.9 Å². The summed E-state index contributed by atoms with van der Waals surface area (Å²) in [6, 6.07) is 22.4. The van der Waals surface area contributed by atoms with Gasteiger partial charge in [0.2, 0.25) is 10.0 Å². The molecule has 1 atom stereocenters. The minimum absolute atomic E-state index is 0.149. The van der Waals surface area contributed by atoms with Gasteiger partial charge in [0.05, 0.1) is 11.5 Å². The molecule has 0 aliphatic carbocycles. The Kier molecular flexibility index (Phi) is 10.2. The molecule has 5 rings (SSSR count). The van der Waals surface area contributed by atoms with Gasteiger partial charge >= 0.3 is 12.1 Å². The number of carbonyl (C=O) groups excluding carboxylic acids is 2. The quantitative estimate of drug-likeness (QED) is 0.281. The van der Waals surface area contributed by atoms with Crippen molar-refractivity contribution in [3.05, 3.63) is 89.5 Å². The number of esters is 1. The molecule has 1 amide bonds. The van der Waals surface area contributed by atoms with E-state index in [1.54, 1.807) is 30.0 Å². The van der Waals surface area contributed by atoms with Crippen molar-refractivity contribution in [2.24, 2.45) is 0 Å². The summed E-state index contributed by atoms with van der Waals surface area (Å²) >= 11 is 0. The highest BCUT2D eigenvalue weighted by Gasteiger charge is 2.33. The normalized spacial score (nSPS) is 16.6. The first kappa shape index (κ1) is 33.3. The lowest BCUT2D eigenvalue weighted by Crippen LogP contribution is -2.50. The summed E-state index contributed by atoms with van der Waals surface area (Å²) in [6.45, 7) is 10.2. The van der Waals surface area contributed by atoms with E-state index in [0.717, 1.165) is 16.8 Å². The molecule has 0 spiro atoms. The summed E-state index contributed by atoms with van der Waals surface area (Å²) in [5, 5.41) is 0. The lowest BCUT2D eigenvalue weighted by atomic mass is 10.1. The Morgan fingerprint density at radius 2 is 1.65 bits per heavy atom. The fourth-order valence-electron chi connectivity index (χ4n) is 5.68. The number of para-hydroxylation sites is 1. The van der Waals surface area contributed by atoms with E-state index in [4.69, 9.17) is 14.2 Å². The Labute approximate surface area is 271 Å². The third-order valence-corrected chi connectivity index (χ3v) is 9.84. The third-order valence-electron chi connectivity index (χ3n) is 8.00. The Bertz CT molecular complexity index is 1630. The number of nitrogens with zero attached hydrogens (tertiary/aromatic N) is 3. The lowest BCUT2D eigenvalue weighted by molar-refractivity contribution is -0.150. The summed E-state index contributed by atoms with van der Waals surface area (Å²) in [6.07, 6.45) is -0.327. The van der Waals surface area contributed by atoms with Crippen molar-refractivity contribution in [1.82, 2.24) is 9.21 Å². The summed E-state index contributed by atoms with van der Waals surface area (Å²) < 4.78 is 46.6. The SMILES string of the molecule is CCOC(=O)C1Cc2cc(S(=O)(=O)N(CCc3ccccc3)Cc3ccccc3N3CCN(C(=O)OC(C)(C)C)CC3)ccc2O1. The molecule has 10 nitrogen and oxygen atoms in total. The molecule has 3 aromatic rings. The summed E-state index contributed by atoms with van der Waals surface area (Å²) in [4.78, 5) is 29.0. The number of piperazine rings is 1. The molecule has 1 fully saturated rings. The highest BCUT2D eigenvalue weighted by molar-refractivity contribution is 7.89. The van der Waals surface area contributed by atoms with Crippen LogP contribution in [0.5, 0.6) is 5.75 Å². The average Bonchev–Trinajstić information content (AvgIpc) is 3.47. The predicted octanol–water partition coefficient (Wildman–Crippen LogP) is 5.04. The van der Waals surface area contributed by atoms with Gasteiger partial charge in [-0.2, -0.15) is 4.31 Å². The summed E-state index contributed by atoms with van der Waals surface area (Å²) in [5.41, 5.74) is 2.94. The maximum absolute atomic E-state index is 14.3. The number of rotatable bonds is 10. The average molecular weight is 650 g/mol. The van der Waals surface area contributed by atoms with E-state index >= 15 is 0 Å². The lowest BCUT2D eigenvalue weighted by Gasteiger charge is -2.38. The molecule has 0 N–H and O–H groups in total. The smallest absolute Gasteiger partial charge is 0.410 e. The molecule has 1 saturated heterocycles.